The van der Waals surface area contributed by atoms with Gasteiger partial charge in [-0.15, -0.1) is 13.2 Å². The van der Waals surface area contributed by atoms with E-state index in [9.17, 15) is 22.8 Å². The summed E-state index contributed by atoms with van der Waals surface area (Å²) in [7, 11) is 0. The SMILES string of the molecule is NC(=O)c1ccc(OC(F)(F)F)cc1-c1ccc(C=O)o1. The monoisotopic (exact) mass is 299 g/mol. The maximum atomic E-state index is 12.2. The fraction of sp³-hybridized carbons (Fsp3) is 0.0769. The Bertz CT molecular complexity index is 691. The molecule has 0 saturated heterocycles. The first-order chi connectivity index (χ1) is 9.80. The molecule has 0 spiro atoms. The number of amides is 1. The van der Waals surface area contributed by atoms with E-state index in [1.165, 1.54) is 12.1 Å². The van der Waals surface area contributed by atoms with Gasteiger partial charge in [-0.1, -0.05) is 0 Å². The van der Waals surface area contributed by atoms with E-state index in [0.29, 0.717) is 6.29 Å². The standard InChI is InChI=1S/C13H8F3NO4/c14-13(15,16)21-7-1-3-9(12(17)19)10(5-7)11-4-2-8(6-18)20-11/h1-6H,(H2,17,19). The van der Waals surface area contributed by atoms with E-state index < -0.39 is 18.0 Å². The highest BCUT2D eigenvalue weighted by atomic mass is 19.4. The van der Waals surface area contributed by atoms with Crippen LogP contribution in [-0.2, 0) is 0 Å². The molecule has 2 N–H and O–H groups in total. The zero-order chi connectivity index (χ0) is 15.6. The molecule has 0 unspecified atom stereocenters. The zero-order valence-corrected chi connectivity index (χ0v) is 10.3. The lowest BCUT2D eigenvalue weighted by atomic mass is 10.0. The molecule has 0 saturated carbocycles. The molecule has 2 aromatic rings. The molecule has 0 radical (unpaired) electrons. The molecule has 0 aliphatic heterocycles. The lowest BCUT2D eigenvalue weighted by molar-refractivity contribution is -0.274. The van der Waals surface area contributed by atoms with Gasteiger partial charge in [0.05, 0.1) is 5.56 Å². The van der Waals surface area contributed by atoms with Crippen LogP contribution < -0.4 is 10.5 Å². The molecular weight excluding hydrogens is 291 g/mol. The highest BCUT2D eigenvalue weighted by Gasteiger charge is 2.31. The summed E-state index contributed by atoms with van der Waals surface area (Å²) in [4.78, 5) is 21.9. The van der Waals surface area contributed by atoms with Gasteiger partial charge in [0.1, 0.15) is 11.5 Å². The summed E-state index contributed by atoms with van der Waals surface area (Å²) in [6.07, 6.45) is -4.45. The number of benzene rings is 1. The number of alkyl halides is 3. The lowest BCUT2D eigenvalue weighted by Gasteiger charge is -2.11. The Morgan fingerprint density at radius 1 is 1.24 bits per heavy atom. The van der Waals surface area contributed by atoms with Gasteiger partial charge < -0.3 is 14.9 Å². The van der Waals surface area contributed by atoms with Crippen LogP contribution in [0.15, 0.2) is 34.7 Å². The van der Waals surface area contributed by atoms with Crippen molar-refractivity contribution in [2.24, 2.45) is 5.73 Å². The number of primary amides is 1. The summed E-state index contributed by atoms with van der Waals surface area (Å²) in [5.74, 6) is -1.40. The van der Waals surface area contributed by atoms with Crippen LogP contribution in [0.4, 0.5) is 13.2 Å². The molecular formula is C13H8F3NO4. The third-order valence-corrected chi connectivity index (χ3v) is 2.50. The normalized spacial score (nSPS) is 11.2. The maximum absolute atomic E-state index is 12.2. The smallest absolute Gasteiger partial charge is 0.453 e. The van der Waals surface area contributed by atoms with Crippen LogP contribution in [0.3, 0.4) is 0 Å². The molecule has 5 nitrogen and oxygen atoms in total. The van der Waals surface area contributed by atoms with Crippen molar-refractivity contribution >= 4 is 12.2 Å². The first-order valence-electron chi connectivity index (χ1n) is 5.55. The Balaban J connectivity index is 2.51. The molecule has 0 bridgehead atoms. The molecule has 8 heteroatoms. The van der Waals surface area contributed by atoms with E-state index in [-0.39, 0.29) is 22.6 Å². The van der Waals surface area contributed by atoms with E-state index in [4.69, 9.17) is 10.2 Å². The fourth-order valence-electron chi connectivity index (χ4n) is 1.70. The summed E-state index contributed by atoms with van der Waals surface area (Å²) in [5, 5.41) is 0. The summed E-state index contributed by atoms with van der Waals surface area (Å²) in [6.45, 7) is 0. The predicted octanol–water partition coefficient (Wildman–Crippen LogP) is 2.76. The summed E-state index contributed by atoms with van der Waals surface area (Å²) in [5.41, 5.74) is 5.09. The summed E-state index contributed by atoms with van der Waals surface area (Å²) < 4.78 is 45.5. The number of furan rings is 1. The zero-order valence-electron chi connectivity index (χ0n) is 10.3. The average molecular weight is 299 g/mol. The van der Waals surface area contributed by atoms with Gasteiger partial charge in [-0.05, 0) is 30.3 Å². The Morgan fingerprint density at radius 3 is 2.48 bits per heavy atom. The third kappa shape index (κ3) is 3.41. The fourth-order valence-corrected chi connectivity index (χ4v) is 1.70. The number of nitrogens with two attached hydrogens (primary N) is 1. The van der Waals surface area contributed by atoms with E-state index in [0.717, 1.165) is 18.2 Å². The van der Waals surface area contributed by atoms with Crippen molar-refractivity contribution in [3.63, 3.8) is 0 Å². The van der Waals surface area contributed by atoms with Gasteiger partial charge >= 0.3 is 6.36 Å². The van der Waals surface area contributed by atoms with Gasteiger partial charge in [-0.3, -0.25) is 9.59 Å². The van der Waals surface area contributed by atoms with Gasteiger partial charge in [-0.2, -0.15) is 0 Å². The van der Waals surface area contributed by atoms with Crippen LogP contribution in [0.2, 0.25) is 0 Å². The number of hydrogen-bond donors (Lipinski definition) is 1. The van der Waals surface area contributed by atoms with Crippen molar-refractivity contribution in [1.29, 1.82) is 0 Å². The first kappa shape index (κ1) is 14.6. The first-order valence-corrected chi connectivity index (χ1v) is 5.55. The van der Waals surface area contributed by atoms with Crippen LogP contribution >= 0.6 is 0 Å². The van der Waals surface area contributed by atoms with Crippen molar-refractivity contribution in [3.05, 3.63) is 41.7 Å². The molecule has 0 aliphatic carbocycles. The van der Waals surface area contributed by atoms with Crippen LogP contribution in [0.25, 0.3) is 11.3 Å². The quantitative estimate of drug-likeness (QED) is 0.880. The number of carbonyl (C=O) groups excluding carboxylic acids is 2. The Labute approximate surface area is 116 Å². The minimum Gasteiger partial charge on any atom is -0.453 e. The van der Waals surface area contributed by atoms with Crippen LogP contribution in [0.1, 0.15) is 20.9 Å². The third-order valence-electron chi connectivity index (χ3n) is 2.50. The van der Waals surface area contributed by atoms with E-state index in [2.05, 4.69) is 4.74 Å². The summed E-state index contributed by atoms with van der Waals surface area (Å²) >= 11 is 0. The van der Waals surface area contributed by atoms with E-state index in [1.54, 1.807) is 0 Å². The van der Waals surface area contributed by atoms with Gasteiger partial charge in [-0.25, -0.2) is 0 Å². The number of hydrogen-bond acceptors (Lipinski definition) is 4. The van der Waals surface area contributed by atoms with Gasteiger partial charge in [0.25, 0.3) is 0 Å². The molecule has 21 heavy (non-hydrogen) atoms. The van der Waals surface area contributed by atoms with Crippen molar-refractivity contribution in [2.45, 2.75) is 6.36 Å². The molecule has 1 heterocycles. The Hall–Kier alpha value is -2.77. The second-order valence-corrected chi connectivity index (χ2v) is 3.94. The maximum Gasteiger partial charge on any atom is 0.573 e. The number of carbonyl (C=O) groups is 2. The van der Waals surface area contributed by atoms with E-state index >= 15 is 0 Å². The van der Waals surface area contributed by atoms with Crippen molar-refractivity contribution in [2.75, 3.05) is 0 Å². The Morgan fingerprint density at radius 2 is 1.95 bits per heavy atom. The molecule has 0 aliphatic rings. The van der Waals surface area contributed by atoms with Gasteiger partial charge in [0, 0.05) is 5.56 Å². The van der Waals surface area contributed by atoms with Gasteiger partial charge in [0.2, 0.25) is 5.91 Å². The molecule has 2 rings (SSSR count). The number of aldehydes is 1. The summed E-state index contributed by atoms with van der Waals surface area (Å²) in [6, 6.07) is 5.65. The van der Waals surface area contributed by atoms with Crippen LogP contribution in [0.5, 0.6) is 5.75 Å². The van der Waals surface area contributed by atoms with Gasteiger partial charge in [0.15, 0.2) is 12.0 Å². The average Bonchev–Trinajstić information content (AvgIpc) is 2.85. The van der Waals surface area contributed by atoms with Crippen molar-refractivity contribution in [3.8, 4) is 17.1 Å². The van der Waals surface area contributed by atoms with Crippen molar-refractivity contribution < 1.29 is 31.9 Å². The van der Waals surface area contributed by atoms with Crippen molar-refractivity contribution in [1.82, 2.24) is 0 Å². The topological polar surface area (TPSA) is 82.5 Å². The Kier molecular flexibility index (Phi) is 3.70. The minimum absolute atomic E-state index is 0.00245. The molecule has 1 aromatic heterocycles. The number of halogens is 3. The second kappa shape index (κ2) is 5.31. The number of ether oxygens (including phenoxy) is 1. The second-order valence-electron chi connectivity index (χ2n) is 3.94. The van der Waals surface area contributed by atoms with E-state index in [1.807, 2.05) is 0 Å². The van der Waals surface area contributed by atoms with Crippen LogP contribution in [-0.4, -0.2) is 18.6 Å². The number of rotatable bonds is 4. The predicted molar refractivity (Wildman–Crippen MR) is 64.7 cm³/mol. The minimum atomic E-state index is -4.87. The molecule has 110 valence electrons. The molecule has 0 fully saturated rings. The molecule has 1 amide bonds. The molecule has 0 atom stereocenters. The van der Waals surface area contributed by atoms with Crippen LogP contribution in [0, 0.1) is 0 Å². The highest BCUT2D eigenvalue weighted by molar-refractivity contribution is 5.99. The largest absolute Gasteiger partial charge is 0.573 e. The lowest BCUT2D eigenvalue weighted by Crippen LogP contribution is -2.18. The molecule has 1 aromatic carbocycles. The highest BCUT2D eigenvalue weighted by Crippen LogP contribution is 2.31.